The third kappa shape index (κ3) is 12.7. The molecule has 16 nitrogen and oxygen atoms in total. The number of methoxy groups -OCH3 is 1. The monoisotopic (exact) mass is 758 g/mol. The summed E-state index contributed by atoms with van der Waals surface area (Å²) in [6.07, 6.45) is -7.14. The van der Waals surface area contributed by atoms with E-state index in [0.717, 1.165) is 52.9 Å². The first-order valence-corrected chi connectivity index (χ1v) is 17.2. The van der Waals surface area contributed by atoms with Crippen LogP contribution < -0.4 is 10.6 Å². The van der Waals surface area contributed by atoms with Crippen molar-refractivity contribution in [1.29, 1.82) is 0 Å². The molecular formula is C36H42N2O14S. The summed E-state index contributed by atoms with van der Waals surface area (Å²) in [6.45, 7) is 4.07. The van der Waals surface area contributed by atoms with E-state index in [-0.39, 0.29) is 6.42 Å². The zero-order chi connectivity index (χ0) is 39.3. The molecule has 0 aromatic heterocycles. The molecule has 0 aliphatic carbocycles. The summed E-state index contributed by atoms with van der Waals surface area (Å²) in [6, 6.07) is 15.4. The van der Waals surface area contributed by atoms with Gasteiger partial charge in [0.25, 0.3) is 5.91 Å². The van der Waals surface area contributed by atoms with Crippen molar-refractivity contribution in [3.05, 3.63) is 60.2 Å². The average Bonchev–Trinajstić information content (AvgIpc) is 3.08. The second kappa shape index (κ2) is 19.5. The molecule has 3 rings (SSSR count). The number of hydrogen-bond donors (Lipinski definition) is 2. The summed E-state index contributed by atoms with van der Waals surface area (Å²) in [5, 5.41) is 4.54. The number of esters is 5. The van der Waals surface area contributed by atoms with E-state index in [1.165, 1.54) is 0 Å². The fourth-order valence-corrected chi connectivity index (χ4v) is 6.67. The highest BCUT2D eigenvalue weighted by Gasteiger charge is 2.59. The summed E-state index contributed by atoms with van der Waals surface area (Å²) in [4.78, 5) is 98.6. The number of carbonyl (C=O) groups is 8. The smallest absolute Gasteiger partial charge is 0.349 e. The van der Waals surface area contributed by atoms with E-state index in [9.17, 15) is 38.4 Å². The number of amides is 2. The molecule has 0 saturated carbocycles. The van der Waals surface area contributed by atoms with Crippen LogP contribution in [0.5, 0.6) is 0 Å². The van der Waals surface area contributed by atoms with Crippen LogP contribution in [-0.2, 0) is 73.2 Å². The van der Waals surface area contributed by atoms with Crippen molar-refractivity contribution in [2.75, 3.05) is 20.3 Å². The Morgan fingerprint density at radius 2 is 1.43 bits per heavy atom. The van der Waals surface area contributed by atoms with Gasteiger partial charge in [0.15, 0.2) is 23.9 Å². The topological polar surface area (TPSA) is 216 Å². The number of hydrogen-bond acceptors (Lipinski definition) is 15. The third-order valence-corrected chi connectivity index (χ3v) is 8.69. The normalized spacial score (nSPS) is 20.4. The number of rotatable bonds is 15. The van der Waals surface area contributed by atoms with Crippen LogP contribution in [-0.4, -0.2) is 102 Å². The van der Waals surface area contributed by atoms with Crippen LogP contribution in [0.15, 0.2) is 54.6 Å². The molecule has 17 heteroatoms. The summed E-state index contributed by atoms with van der Waals surface area (Å²) in [5.74, 6) is -6.00. The molecule has 53 heavy (non-hydrogen) atoms. The van der Waals surface area contributed by atoms with Gasteiger partial charge in [-0.05, 0) is 28.5 Å². The maximum absolute atomic E-state index is 13.3. The van der Waals surface area contributed by atoms with E-state index >= 15 is 0 Å². The van der Waals surface area contributed by atoms with Crippen LogP contribution in [0.1, 0.15) is 46.6 Å². The Kier molecular flexibility index (Phi) is 15.5. The predicted molar refractivity (Wildman–Crippen MR) is 186 cm³/mol. The number of nitrogens with one attached hydrogen (secondary N) is 2. The minimum atomic E-state index is -2.24. The molecular weight excluding hydrogens is 716 g/mol. The van der Waals surface area contributed by atoms with Crippen LogP contribution in [0.25, 0.3) is 11.1 Å². The fraction of sp³-hybridized carbons (Fsp3) is 0.444. The van der Waals surface area contributed by atoms with E-state index in [1.807, 2.05) is 42.5 Å². The van der Waals surface area contributed by atoms with Gasteiger partial charge in [0, 0.05) is 41.0 Å². The summed E-state index contributed by atoms with van der Waals surface area (Å²) in [5.41, 5.74) is 2.58. The molecule has 0 bridgehead atoms. The highest BCUT2D eigenvalue weighted by Crippen LogP contribution is 2.43. The maximum Gasteiger partial charge on any atom is 0.349 e. The molecule has 1 heterocycles. The van der Waals surface area contributed by atoms with Crippen molar-refractivity contribution in [2.45, 2.75) is 82.9 Å². The number of ether oxygens (including phenoxy) is 6. The van der Waals surface area contributed by atoms with Gasteiger partial charge in [-0.1, -0.05) is 54.6 Å². The lowest BCUT2D eigenvalue weighted by Gasteiger charge is -2.48. The van der Waals surface area contributed by atoms with Crippen LogP contribution >= 0.6 is 11.8 Å². The van der Waals surface area contributed by atoms with Gasteiger partial charge in [0.05, 0.1) is 26.1 Å². The lowest BCUT2D eigenvalue weighted by atomic mass is 9.89. The molecule has 0 radical (unpaired) electrons. The highest BCUT2D eigenvalue weighted by atomic mass is 32.2. The number of benzene rings is 2. The van der Waals surface area contributed by atoms with Crippen LogP contribution in [0.3, 0.4) is 0 Å². The minimum absolute atomic E-state index is 0.0932. The first kappa shape index (κ1) is 42.1. The van der Waals surface area contributed by atoms with E-state index < -0.39 is 102 Å². The molecule has 2 N–H and O–H groups in total. The Morgan fingerprint density at radius 1 is 0.811 bits per heavy atom. The molecule has 2 aromatic rings. The summed E-state index contributed by atoms with van der Waals surface area (Å²) >= 11 is 0.379. The first-order valence-electron chi connectivity index (χ1n) is 16.3. The quantitative estimate of drug-likeness (QED) is 0.196. The van der Waals surface area contributed by atoms with Crippen molar-refractivity contribution >= 4 is 58.5 Å². The van der Waals surface area contributed by atoms with Crippen LogP contribution in [0.4, 0.5) is 0 Å². The van der Waals surface area contributed by atoms with E-state index in [0.29, 0.717) is 17.3 Å². The fourth-order valence-electron chi connectivity index (χ4n) is 5.63. The summed E-state index contributed by atoms with van der Waals surface area (Å²) < 4.78 is 32.6. The number of carbonyl (C=O) groups excluding carboxylic acids is 8. The Labute approximate surface area is 309 Å². The van der Waals surface area contributed by atoms with Crippen molar-refractivity contribution < 1.29 is 66.8 Å². The Hall–Kier alpha value is -5.29. The average molecular weight is 759 g/mol. The molecule has 0 unspecified atom stereocenters. The second-order valence-corrected chi connectivity index (χ2v) is 13.4. The maximum atomic E-state index is 13.3. The Morgan fingerprint density at radius 3 is 1.98 bits per heavy atom. The van der Waals surface area contributed by atoms with Crippen LogP contribution in [0.2, 0.25) is 0 Å². The molecule has 1 aliphatic heterocycles. The molecule has 0 spiro atoms. The zero-order valence-electron chi connectivity index (χ0n) is 30.0. The molecule has 1 fully saturated rings. The van der Waals surface area contributed by atoms with Gasteiger partial charge in [-0.15, -0.1) is 0 Å². The van der Waals surface area contributed by atoms with E-state index in [4.69, 9.17) is 28.4 Å². The van der Waals surface area contributed by atoms with Crippen molar-refractivity contribution in [3.63, 3.8) is 0 Å². The van der Waals surface area contributed by atoms with Crippen molar-refractivity contribution in [1.82, 2.24) is 10.6 Å². The molecule has 2 amide bonds. The molecule has 1 aliphatic rings. The zero-order valence-corrected chi connectivity index (χ0v) is 30.9. The largest absolute Gasteiger partial charge is 0.466 e. The van der Waals surface area contributed by atoms with Gasteiger partial charge in [-0.25, -0.2) is 4.79 Å². The molecule has 2 aromatic carbocycles. The summed E-state index contributed by atoms with van der Waals surface area (Å²) in [7, 11) is 1.02. The second-order valence-electron chi connectivity index (χ2n) is 11.9. The van der Waals surface area contributed by atoms with E-state index in [1.54, 1.807) is 12.1 Å². The van der Waals surface area contributed by atoms with Gasteiger partial charge in [0.2, 0.25) is 10.8 Å². The first-order chi connectivity index (χ1) is 25.0. The minimum Gasteiger partial charge on any atom is -0.466 e. The van der Waals surface area contributed by atoms with E-state index in [2.05, 4.69) is 10.6 Å². The van der Waals surface area contributed by atoms with Crippen molar-refractivity contribution in [3.8, 4) is 11.1 Å². The van der Waals surface area contributed by atoms with Gasteiger partial charge in [-0.2, -0.15) is 0 Å². The SMILES string of the molecule is COC(=O)[C@@]1(SC(C)=O)C[C@H](OC(C)=O)[C@@H](NC(=O)COC(C)=O)[C@H]([C@H](OC(C)=O)[C@@H](CNC(=O)Cc2ccc(-c3ccccc3)cc2)OC(C)=O)O1. The lowest BCUT2D eigenvalue weighted by molar-refractivity contribution is -0.221. The predicted octanol–water partition coefficient (Wildman–Crippen LogP) is 1.79. The van der Waals surface area contributed by atoms with Gasteiger partial charge in [0.1, 0.15) is 12.2 Å². The molecule has 1 saturated heterocycles. The Bertz CT molecular complexity index is 1670. The van der Waals surface area contributed by atoms with Crippen LogP contribution in [0, 0.1) is 0 Å². The van der Waals surface area contributed by atoms with Crippen molar-refractivity contribution in [2.24, 2.45) is 0 Å². The highest BCUT2D eigenvalue weighted by molar-refractivity contribution is 8.15. The molecule has 6 atom stereocenters. The molecule has 286 valence electrons. The van der Waals surface area contributed by atoms with Gasteiger partial charge >= 0.3 is 29.8 Å². The van der Waals surface area contributed by atoms with Gasteiger partial charge < -0.3 is 39.1 Å². The third-order valence-electron chi connectivity index (χ3n) is 7.64. The lowest BCUT2D eigenvalue weighted by Crippen LogP contribution is -2.68. The number of thioether (sulfide) groups is 1. The van der Waals surface area contributed by atoms with Gasteiger partial charge in [-0.3, -0.25) is 33.6 Å². The Balaban J connectivity index is 2.03. The standard InChI is InChI=1S/C36H42N2O14S/c1-20(39)48-19-31(45)38-32-28(49-21(2)40)17-36(35(46)47-6,53-24(5)43)52-34(32)33(51-23(4)42)29(50-22(3)41)18-37-30(44)16-25-12-14-27(15-13-25)26-10-8-7-9-11-26/h7-15,28-29,32-34H,16-19H2,1-6H3,(H,37,44)(H,38,45)/t28-,29+,32+,33+,34+,36-/m0/s1.